The predicted molar refractivity (Wildman–Crippen MR) is 118 cm³/mol. The smallest absolute Gasteiger partial charge is 0.227 e. The summed E-state index contributed by atoms with van der Waals surface area (Å²) in [7, 11) is 1.78. The molecule has 1 aliphatic rings. The van der Waals surface area contributed by atoms with E-state index in [1.165, 1.54) is 0 Å². The van der Waals surface area contributed by atoms with Crippen LogP contribution in [0.25, 0.3) is 0 Å². The summed E-state index contributed by atoms with van der Waals surface area (Å²) >= 11 is 0. The van der Waals surface area contributed by atoms with Gasteiger partial charge in [-0.05, 0) is 49.1 Å². The lowest BCUT2D eigenvalue weighted by molar-refractivity contribution is -0.117. The number of unbranched alkanes of at least 4 members (excludes halogenated alkanes) is 1. The fraction of sp³-hybridized carbons (Fsp3) is 0.409. The highest BCUT2D eigenvalue weighted by Crippen LogP contribution is 2.21. The Kier molecular flexibility index (Phi) is 7.86. The first-order valence-electron chi connectivity index (χ1n) is 10.2. The van der Waals surface area contributed by atoms with Gasteiger partial charge in [-0.2, -0.15) is 0 Å². The zero-order chi connectivity index (χ0) is 20.3. The van der Waals surface area contributed by atoms with Crippen LogP contribution in [0.1, 0.15) is 31.2 Å². The fourth-order valence-corrected chi connectivity index (χ4v) is 3.26. The lowest BCUT2D eigenvalue weighted by Crippen LogP contribution is -2.37. The molecule has 1 aliphatic heterocycles. The number of hydrogen-bond donors (Lipinski definition) is 3. The predicted octanol–water partition coefficient (Wildman–Crippen LogP) is 2.77. The van der Waals surface area contributed by atoms with Gasteiger partial charge in [0, 0.05) is 51.5 Å². The number of aromatic nitrogens is 1. The number of pyridine rings is 1. The Balaban J connectivity index is 1.32. The van der Waals surface area contributed by atoms with E-state index in [-0.39, 0.29) is 5.91 Å². The highest BCUT2D eigenvalue weighted by atomic mass is 16.2. The van der Waals surface area contributed by atoms with Gasteiger partial charge < -0.3 is 20.9 Å². The van der Waals surface area contributed by atoms with E-state index in [0.717, 1.165) is 61.9 Å². The molecule has 29 heavy (non-hydrogen) atoms. The minimum absolute atomic E-state index is 0.218. The monoisotopic (exact) mass is 394 g/mol. The minimum atomic E-state index is 0.218. The van der Waals surface area contributed by atoms with E-state index in [1.54, 1.807) is 13.2 Å². The Hall–Kier alpha value is -3.09. The van der Waals surface area contributed by atoms with E-state index in [1.807, 2.05) is 35.2 Å². The Morgan fingerprint density at radius 1 is 1.10 bits per heavy atom. The summed E-state index contributed by atoms with van der Waals surface area (Å²) in [5.74, 6) is 1.93. The molecular weight excluding hydrogens is 364 g/mol. The van der Waals surface area contributed by atoms with Crippen LogP contribution in [-0.4, -0.2) is 43.5 Å². The summed E-state index contributed by atoms with van der Waals surface area (Å²) in [6, 6.07) is 14.0. The van der Waals surface area contributed by atoms with E-state index in [9.17, 15) is 4.79 Å². The van der Waals surface area contributed by atoms with Crippen LogP contribution in [0.4, 0.5) is 11.5 Å². The molecule has 2 aromatic rings. The molecule has 1 aromatic heterocycles. The number of carbonyl (C=O) groups excluding carboxylic acids is 1. The fourth-order valence-electron chi connectivity index (χ4n) is 3.26. The maximum Gasteiger partial charge on any atom is 0.227 e. The van der Waals surface area contributed by atoms with Gasteiger partial charge in [-0.15, -0.1) is 0 Å². The van der Waals surface area contributed by atoms with E-state index < -0.39 is 0 Å². The third-order valence-electron chi connectivity index (χ3n) is 4.87. The summed E-state index contributed by atoms with van der Waals surface area (Å²) < 4.78 is 0. The van der Waals surface area contributed by atoms with Gasteiger partial charge in [-0.25, -0.2) is 4.98 Å². The minimum Gasteiger partial charge on any atom is -0.370 e. The standard InChI is InChI=1S/C22H30N6O/c1-23-22(26-15-5-4-14-25-20-7-2-3-13-24-20)27-17-18-9-11-19(12-10-18)28-16-6-8-21(28)29/h2-3,7,9-13H,4-6,8,14-17H2,1H3,(H,24,25)(H2,23,26,27). The van der Waals surface area contributed by atoms with Gasteiger partial charge in [-0.1, -0.05) is 18.2 Å². The van der Waals surface area contributed by atoms with Crippen LogP contribution < -0.4 is 20.9 Å². The molecule has 0 spiro atoms. The van der Waals surface area contributed by atoms with Crippen LogP contribution in [0.3, 0.4) is 0 Å². The highest BCUT2D eigenvalue weighted by Gasteiger charge is 2.21. The average molecular weight is 395 g/mol. The molecule has 0 unspecified atom stereocenters. The molecule has 3 N–H and O–H groups in total. The quantitative estimate of drug-likeness (QED) is 0.346. The highest BCUT2D eigenvalue weighted by molar-refractivity contribution is 5.95. The molecule has 1 saturated heterocycles. The van der Waals surface area contributed by atoms with Crippen molar-refractivity contribution in [2.24, 2.45) is 4.99 Å². The second-order valence-corrected chi connectivity index (χ2v) is 7.02. The van der Waals surface area contributed by atoms with E-state index in [2.05, 4.69) is 38.1 Å². The van der Waals surface area contributed by atoms with Crippen molar-refractivity contribution in [2.75, 3.05) is 36.9 Å². The second kappa shape index (κ2) is 11.0. The van der Waals surface area contributed by atoms with Gasteiger partial charge in [0.2, 0.25) is 5.91 Å². The topological polar surface area (TPSA) is 81.7 Å². The summed E-state index contributed by atoms with van der Waals surface area (Å²) in [6.45, 7) is 3.27. The zero-order valence-corrected chi connectivity index (χ0v) is 17.0. The Morgan fingerprint density at radius 2 is 1.93 bits per heavy atom. The van der Waals surface area contributed by atoms with Crippen LogP contribution in [0.2, 0.25) is 0 Å². The SMILES string of the molecule is CN=C(NCCCCNc1ccccn1)NCc1ccc(N2CCCC2=O)cc1. The van der Waals surface area contributed by atoms with Gasteiger partial charge >= 0.3 is 0 Å². The molecule has 0 atom stereocenters. The molecule has 1 aromatic carbocycles. The van der Waals surface area contributed by atoms with Gasteiger partial charge in [-0.3, -0.25) is 9.79 Å². The van der Waals surface area contributed by atoms with Crippen molar-refractivity contribution in [2.45, 2.75) is 32.2 Å². The maximum absolute atomic E-state index is 11.8. The number of nitrogens with one attached hydrogen (secondary N) is 3. The van der Waals surface area contributed by atoms with Crippen molar-refractivity contribution < 1.29 is 4.79 Å². The molecule has 7 heteroatoms. The van der Waals surface area contributed by atoms with Gasteiger partial charge in [0.25, 0.3) is 0 Å². The number of guanidine groups is 1. The molecule has 154 valence electrons. The van der Waals surface area contributed by atoms with Crippen LogP contribution in [-0.2, 0) is 11.3 Å². The number of anilines is 2. The Bertz CT molecular complexity index is 791. The van der Waals surface area contributed by atoms with Crippen LogP contribution in [0.5, 0.6) is 0 Å². The van der Waals surface area contributed by atoms with E-state index in [4.69, 9.17) is 0 Å². The number of nitrogens with zero attached hydrogens (tertiary/aromatic N) is 3. The molecule has 0 bridgehead atoms. The second-order valence-electron chi connectivity index (χ2n) is 7.02. The first kappa shape index (κ1) is 20.6. The average Bonchev–Trinajstić information content (AvgIpc) is 3.19. The van der Waals surface area contributed by atoms with Crippen LogP contribution in [0.15, 0.2) is 53.7 Å². The van der Waals surface area contributed by atoms with Crippen LogP contribution >= 0.6 is 0 Å². The van der Waals surface area contributed by atoms with Crippen molar-refractivity contribution in [3.8, 4) is 0 Å². The molecule has 7 nitrogen and oxygen atoms in total. The summed E-state index contributed by atoms with van der Waals surface area (Å²) in [4.78, 5) is 22.2. The number of carbonyl (C=O) groups is 1. The van der Waals surface area contributed by atoms with Crippen molar-refractivity contribution in [1.82, 2.24) is 15.6 Å². The molecule has 1 amide bonds. The Labute approximate surface area is 172 Å². The maximum atomic E-state index is 11.8. The summed E-state index contributed by atoms with van der Waals surface area (Å²) in [5, 5.41) is 9.99. The van der Waals surface area contributed by atoms with E-state index >= 15 is 0 Å². The number of aliphatic imine (C=N–C) groups is 1. The van der Waals surface area contributed by atoms with Crippen molar-refractivity contribution in [3.05, 3.63) is 54.2 Å². The first-order valence-corrected chi connectivity index (χ1v) is 10.2. The van der Waals surface area contributed by atoms with Crippen molar-refractivity contribution in [1.29, 1.82) is 0 Å². The first-order chi connectivity index (χ1) is 14.3. The van der Waals surface area contributed by atoms with Gasteiger partial charge in [0.1, 0.15) is 5.82 Å². The van der Waals surface area contributed by atoms with Crippen LogP contribution in [0, 0.1) is 0 Å². The molecular formula is C22H30N6O. The number of hydrogen-bond acceptors (Lipinski definition) is 4. The summed E-state index contributed by atoms with van der Waals surface area (Å²) in [5.41, 5.74) is 2.14. The van der Waals surface area contributed by atoms with Crippen molar-refractivity contribution in [3.63, 3.8) is 0 Å². The van der Waals surface area contributed by atoms with Gasteiger partial charge in [0.05, 0.1) is 0 Å². The van der Waals surface area contributed by atoms with Crippen molar-refractivity contribution >= 4 is 23.4 Å². The lowest BCUT2D eigenvalue weighted by atomic mass is 10.2. The number of rotatable bonds is 9. The molecule has 2 heterocycles. The molecule has 0 saturated carbocycles. The summed E-state index contributed by atoms with van der Waals surface area (Å²) in [6.07, 6.45) is 5.49. The third-order valence-corrected chi connectivity index (χ3v) is 4.87. The molecule has 0 radical (unpaired) electrons. The lowest BCUT2D eigenvalue weighted by Gasteiger charge is -2.16. The largest absolute Gasteiger partial charge is 0.370 e. The molecule has 1 fully saturated rings. The number of amides is 1. The molecule has 0 aliphatic carbocycles. The molecule has 3 rings (SSSR count). The zero-order valence-electron chi connectivity index (χ0n) is 17.0. The normalized spacial score (nSPS) is 14.2. The third kappa shape index (κ3) is 6.48. The van der Waals surface area contributed by atoms with E-state index in [0.29, 0.717) is 13.0 Å². The van der Waals surface area contributed by atoms with Gasteiger partial charge in [0.15, 0.2) is 5.96 Å². The Morgan fingerprint density at radius 3 is 2.62 bits per heavy atom. The number of benzene rings is 1.